The van der Waals surface area contributed by atoms with Gasteiger partial charge in [-0.3, -0.25) is 0 Å². The van der Waals surface area contributed by atoms with E-state index in [9.17, 15) is 9.59 Å². The Kier molecular flexibility index (Phi) is 27.5. The molecule has 0 heterocycles. The number of carbonyl (C=O) groups is 2. The maximum absolute atomic E-state index is 13.3. The predicted molar refractivity (Wildman–Crippen MR) is 198 cm³/mol. The molecule has 0 aliphatic carbocycles. The van der Waals surface area contributed by atoms with Crippen LogP contribution in [0.1, 0.15) is 222 Å². The molecule has 45 heavy (non-hydrogen) atoms. The molecular weight excluding hydrogens is 663 g/mol. The van der Waals surface area contributed by atoms with Crippen molar-refractivity contribution in [3.63, 3.8) is 0 Å². The van der Waals surface area contributed by atoms with Gasteiger partial charge in [0.05, 0.1) is 0 Å². The molecule has 268 valence electrons. The molecule has 0 rings (SSSR count). The van der Waals surface area contributed by atoms with Crippen molar-refractivity contribution in [3.8, 4) is 0 Å². The second-order valence-electron chi connectivity index (χ2n) is 16.6. The molecule has 0 bridgehead atoms. The Balaban J connectivity index is 5.16. The molecule has 0 unspecified atom stereocenters. The third kappa shape index (κ3) is 30.8. The van der Waals surface area contributed by atoms with Crippen LogP contribution in [0.25, 0.3) is 0 Å². The van der Waals surface area contributed by atoms with Crippen molar-refractivity contribution in [2.45, 2.75) is 231 Å². The van der Waals surface area contributed by atoms with Crippen molar-refractivity contribution in [2.24, 2.45) is 10.8 Å². The summed E-state index contributed by atoms with van der Waals surface area (Å²) in [7, 11) is 0. The Labute approximate surface area is 287 Å². The van der Waals surface area contributed by atoms with Crippen LogP contribution in [-0.2, 0) is 15.7 Å². The van der Waals surface area contributed by atoms with E-state index in [0.29, 0.717) is 23.7 Å². The van der Waals surface area contributed by atoms with Crippen LogP contribution in [0.4, 0.5) is 0 Å². The quantitative estimate of drug-likeness (QED) is 0.0543. The van der Waals surface area contributed by atoms with Crippen LogP contribution in [0.2, 0.25) is 8.87 Å². The van der Waals surface area contributed by atoms with Gasteiger partial charge in [0.25, 0.3) is 0 Å². The van der Waals surface area contributed by atoms with Crippen LogP contribution >= 0.6 is 0 Å². The Morgan fingerprint density at radius 3 is 1.04 bits per heavy atom. The van der Waals surface area contributed by atoms with Crippen molar-refractivity contribution < 1.29 is 15.7 Å². The van der Waals surface area contributed by atoms with E-state index in [-0.39, 0.29) is 11.9 Å². The maximum atomic E-state index is 13.3. The van der Waals surface area contributed by atoms with E-state index in [2.05, 4.69) is 55.4 Å². The second kappa shape index (κ2) is 27.7. The topological polar surface area (TPSA) is 52.6 Å². The summed E-state index contributed by atoms with van der Waals surface area (Å²) in [6.45, 7) is 18.3. The predicted octanol–water partition coefficient (Wildman–Crippen LogP) is 13.8. The fourth-order valence-corrected chi connectivity index (χ4v) is 15.6. The molecule has 5 heteroatoms. The third-order valence-corrected chi connectivity index (χ3v) is 18.8. The van der Waals surface area contributed by atoms with Crippen molar-refractivity contribution in [1.82, 2.24) is 0 Å². The summed E-state index contributed by atoms with van der Waals surface area (Å²) in [5, 5.41) is 0. The van der Waals surface area contributed by atoms with Gasteiger partial charge in [-0.15, -0.1) is 0 Å². The van der Waals surface area contributed by atoms with Gasteiger partial charge >= 0.3 is 289 Å². The van der Waals surface area contributed by atoms with Crippen LogP contribution < -0.4 is 0 Å². The van der Waals surface area contributed by atoms with Crippen LogP contribution in [0.5, 0.6) is 0 Å². The van der Waals surface area contributed by atoms with Gasteiger partial charge in [-0.05, 0) is 0 Å². The molecule has 0 saturated heterocycles. The molecular formula is C40H80O4Sn. The van der Waals surface area contributed by atoms with Gasteiger partial charge in [-0.2, -0.15) is 0 Å². The molecule has 0 N–H and O–H groups in total. The van der Waals surface area contributed by atoms with Gasteiger partial charge in [0.2, 0.25) is 0 Å². The summed E-state index contributed by atoms with van der Waals surface area (Å²) >= 11 is -3.92. The second-order valence-corrected chi connectivity index (χ2v) is 25.8. The summed E-state index contributed by atoms with van der Waals surface area (Å²) in [6.07, 6.45) is 29.1. The van der Waals surface area contributed by atoms with E-state index in [1.165, 1.54) is 103 Å². The number of unbranched alkanes of at least 4 members (excludes halogenated alkanes) is 18. The molecule has 0 atom stereocenters. The van der Waals surface area contributed by atoms with Crippen LogP contribution in [0.15, 0.2) is 0 Å². The van der Waals surface area contributed by atoms with E-state index in [0.717, 1.165) is 60.2 Å². The van der Waals surface area contributed by atoms with Gasteiger partial charge in [0, 0.05) is 0 Å². The molecule has 0 fully saturated rings. The normalized spacial score (nSPS) is 12.4. The SMILES string of the molecule is CCCCCCC[CH2][Sn]([CH2]CCCCCCC)([O]C(=O)CCCCCCCC(C)(C)C)[O]C(=O)CCCCCCCC(C)(C)C. The zero-order valence-electron chi connectivity index (χ0n) is 31.9. The van der Waals surface area contributed by atoms with Crippen molar-refractivity contribution in [3.05, 3.63) is 0 Å². The van der Waals surface area contributed by atoms with E-state index in [1.54, 1.807) is 0 Å². The summed E-state index contributed by atoms with van der Waals surface area (Å²) < 4.78 is 14.6. The Morgan fingerprint density at radius 2 is 0.711 bits per heavy atom. The molecule has 0 aliphatic rings. The first-order valence-electron chi connectivity index (χ1n) is 19.8. The molecule has 0 amide bonds. The van der Waals surface area contributed by atoms with Gasteiger partial charge in [0.15, 0.2) is 0 Å². The molecule has 4 nitrogen and oxygen atoms in total. The first-order valence-corrected chi connectivity index (χ1v) is 26.1. The standard InChI is InChI=1S/2C12H24O2.2C8H17.Sn/c2*1-12(2,3)10-8-6-4-5-7-9-11(13)14;2*1-3-5-7-8-6-4-2;/h2*4-10H2,1-3H3,(H,13,14);2*1,3-8H2,2H3;/q;;;;+2/p-2. The Hall–Kier alpha value is -0.261. The molecule has 0 radical (unpaired) electrons. The fraction of sp³-hybridized carbons (Fsp3) is 0.950. The van der Waals surface area contributed by atoms with Crippen LogP contribution in [0.3, 0.4) is 0 Å². The Bertz CT molecular complexity index is 646. The minimum atomic E-state index is -3.92. The fourth-order valence-electron chi connectivity index (χ4n) is 6.13. The number of hydrogen-bond acceptors (Lipinski definition) is 4. The Morgan fingerprint density at radius 1 is 0.422 bits per heavy atom. The number of carbonyl (C=O) groups excluding carboxylic acids is 2. The van der Waals surface area contributed by atoms with Crippen LogP contribution in [0, 0.1) is 10.8 Å². The molecule has 0 aromatic carbocycles. The third-order valence-electron chi connectivity index (χ3n) is 9.04. The van der Waals surface area contributed by atoms with E-state index in [1.807, 2.05) is 0 Å². The van der Waals surface area contributed by atoms with Gasteiger partial charge in [0.1, 0.15) is 0 Å². The first kappa shape index (κ1) is 44.7. The van der Waals surface area contributed by atoms with Crippen LogP contribution in [-0.4, -0.2) is 31.1 Å². The minimum absolute atomic E-state index is 0.0934. The monoisotopic (exact) mass is 745 g/mol. The molecule has 0 aliphatic heterocycles. The van der Waals surface area contributed by atoms with Crippen molar-refractivity contribution in [1.29, 1.82) is 0 Å². The average Bonchev–Trinajstić information content (AvgIpc) is 2.94. The zero-order valence-corrected chi connectivity index (χ0v) is 34.8. The zero-order chi connectivity index (χ0) is 33.9. The van der Waals surface area contributed by atoms with E-state index >= 15 is 0 Å². The summed E-state index contributed by atoms with van der Waals surface area (Å²) in [6, 6.07) is 0. The first-order chi connectivity index (χ1) is 21.3. The van der Waals surface area contributed by atoms with E-state index < -0.39 is 19.2 Å². The molecule has 0 aromatic heterocycles. The van der Waals surface area contributed by atoms with E-state index in [4.69, 9.17) is 6.15 Å². The van der Waals surface area contributed by atoms with Crippen molar-refractivity contribution in [2.75, 3.05) is 0 Å². The average molecular weight is 744 g/mol. The number of hydrogen-bond donors (Lipinski definition) is 0. The van der Waals surface area contributed by atoms with Gasteiger partial charge in [-0.25, -0.2) is 0 Å². The number of rotatable bonds is 30. The molecule has 0 spiro atoms. The molecule has 0 saturated carbocycles. The summed E-state index contributed by atoms with van der Waals surface area (Å²) in [5.74, 6) is -0.187. The van der Waals surface area contributed by atoms with Gasteiger partial charge < -0.3 is 0 Å². The van der Waals surface area contributed by atoms with Gasteiger partial charge in [-0.1, -0.05) is 0 Å². The molecule has 0 aromatic rings. The van der Waals surface area contributed by atoms with Crippen molar-refractivity contribution >= 4 is 31.1 Å². The summed E-state index contributed by atoms with van der Waals surface area (Å²) in [5.41, 5.74) is 0.797. The summed E-state index contributed by atoms with van der Waals surface area (Å²) in [4.78, 5) is 26.6.